The fourth-order valence-electron chi connectivity index (χ4n) is 3.05. The van der Waals surface area contributed by atoms with Crippen LogP contribution in [-0.2, 0) is 6.54 Å². The first-order valence-electron chi connectivity index (χ1n) is 9.07. The minimum Gasteiger partial charge on any atom is -0.344 e. The van der Waals surface area contributed by atoms with E-state index < -0.39 is 0 Å². The van der Waals surface area contributed by atoms with Crippen molar-refractivity contribution >= 4 is 5.91 Å². The van der Waals surface area contributed by atoms with Crippen molar-refractivity contribution in [2.75, 3.05) is 0 Å². The fourth-order valence-corrected chi connectivity index (χ4v) is 3.05. The van der Waals surface area contributed by atoms with Crippen molar-refractivity contribution in [3.8, 4) is 11.3 Å². The maximum atomic E-state index is 12.8. The maximum absolute atomic E-state index is 12.8. The molecule has 1 amide bonds. The second-order valence-electron chi connectivity index (χ2n) is 6.43. The van der Waals surface area contributed by atoms with Crippen LogP contribution >= 0.6 is 0 Å². The molecular formula is C21H20N6O. The zero-order valence-electron chi connectivity index (χ0n) is 15.2. The van der Waals surface area contributed by atoms with Gasteiger partial charge < -0.3 is 9.88 Å². The molecule has 0 saturated heterocycles. The van der Waals surface area contributed by atoms with Gasteiger partial charge in [-0.2, -0.15) is 5.10 Å². The number of nitrogens with one attached hydrogen (secondary N) is 2. The number of amides is 1. The molecule has 7 nitrogen and oxygen atoms in total. The van der Waals surface area contributed by atoms with E-state index in [2.05, 4.69) is 25.5 Å². The Morgan fingerprint density at radius 1 is 1.07 bits per heavy atom. The second kappa shape index (κ2) is 8.30. The smallest absolute Gasteiger partial charge is 0.269 e. The molecule has 7 heteroatoms. The van der Waals surface area contributed by atoms with Gasteiger partial charge in [0.25, 0.3) is 5.91 Å². The lowest BCUT2D eigenvalue weighted by molar-refractivity contribution is 0.0928. The zero-order chi connectivity index (χ0) is 19.2. The molecule has 4 aromatic rings. The summed E-state index contributed by atoms with van der Waals surface area (Å²) in [6, 6.07) is 15.3. The molecule has 3 aromatic heterocycles. The average molecular weight is 372 g/mol. The van der Waals surface area contributed by atoms with E-state index in [1.165, 1.54) is 0 Å². The van der Waals surface area contributed by atoms with Crippen LogP contribution in [0.15, 0.2) is 79.6 Å². The molecule has 0 bridgehead atoms. The number of aromatic nitrogens is 5. The van der Waals surface area contributed by atoms with Crippen LogP contribution in [0.3, 0.4) is 0 Å². The Kier molecular flexibility index (Phi) is 5.24. The lowest BCUT2D eigenvalue weighted by Gasteiger charge is -2.19. The zero-order valence-corrected chi connectivity index (χ0v) is 15.2. The van der Waals surface area contributed by atoms with Crippen molar-refractivity contribution in [3.05, 3.63) is 90.9 Å². The fraction of sp³-hybridized carbons (Fsp3) is 0.143. The van der Waals surface area contributed by atoms with Gasteiger partial charge in [-0.1, -0.05) is 30.3 Å². The third-order valence-corrected chi connectivity index (χ3v) is 4.54. The van der Waals surface area contributed by atoms with Crippen molar-refractivity contribution < 1.29 is 4.79 Å². The quantitative estimate of drug-likeness (QED) is 0.521. The summed E-state index contributed by atoms with van der Waals surface area (Å²) in [4.78, 5) is 20.9. The van der Waals surface area contributed by atoms with Crippen LogP contribution in [0.1, 0.15) is 28.5 Å². The molecule has 3 heterocycles. The molecule has 0 aliphatic carbocycles. The molecule has 2 N–H and O–H groups in total. The van der Waals surface area contributed by atoms with E-state index in [-0.39, 0.29) is 11.9 Å². The minimum absolute atomic E-state index is 0.122. The Morgan fingerprint density at radius 3 is 2.64 bits per heavy atom. The van der Waals surface area contributed by atoms with Crippen LogP contribution in [-0.4, -0.2) is 30.6 Å². The van der Waals surface area contributed by atoms with Crippen molar-refractivity contribution in [1.29, 1.82) is 0 Å². The third kappa shape index (κ3) is 4.15. The third-order valence-electron chi connectivity index (χ3n) is 4.54. The van der Waals surface area contributed by atoms with Gasteiger partial charge >= 0.3 is 0 Å². The Morgan fingerprint density at radius 2 is 1.89 bits per heavy atom. The molecule has 1 aromatic carbocycles. The van der Waals surface area contributed by atoms with E-state index in [0.717, 1.165) is 24.1 Å². The molecular weight excluding hydrogens is 352 g/mol. The van der Waals surface area contributed by atoms with Crippen LogP contribution in [0.2, 0.25) is 0 Å². The Bertz CT molecular complexity index is 1010. The van der Waals surface area contributed by atoms with Gasteiger partial charge in [0.05, 0.1) is 18.1 Å². The summed E-state index contributed by atoms with van der Waals surface area (Å²) in [6.07, 6.45) is 9.59. The van der Waals surface area contributed by atoms with Gasteiger partial charge in [-0.05, 0) is 30.2 Å². The number of pyridine rings is 1. The van der Waals surface area contributed by atoms with Gasteiger partial charge in [0.1, 0.15) is 5.69 Å². The monoisotopic (exact) mass is 372 g/mol. The van der Waals surface area contributed by atoms with Crippen molar-refractivity contribution in [2.45, 2.75) is 19.0 Å². The molecule has 0 spiro atoms. The van der Waals surface area contributed by atoms with Crippen molar-refractivity contribution in [1.82, 2.24) is 30.0 Å². The lowest BCUT2D eigenvalue weighted by atomic mass is 10.0. The van der Waals surface area contributed by atoms with E-state index >= 15 is 0 Å². The molecule has 1 atom stereocenters. The van der Waals surface area contributed by atoms with Gasteiger partial charge in [0.2, 0.25) is 0 Å². The highest BCUT2D eigenvalue weighted by molar-refractivity contribution is 5.93. The van der Waals surface area contributed by atoms with E-state index in [0.29, 0.717) is 11.4 Å². The number of hydrogen-bond acceptors (Lipinski definition) is 4. The molecule has 4 rings (SSSR count). The number of imidazole rings is 1. The predicted octanol–water partition coefficient (Wildman–Crippen LogP) is 3.23. The highest BCUT2D eigenvalue weighted by atomic mass is 16.2. The largest absolute Gasteiger partial charge is 0.344 e. The number of aryl methyl sites for hydroxylation is 1. The van der Waals surface area contributed by atoms with Crippen LogP contribution in [0, 0.1) is 0 Å². The van der Waals surface area contributed by atoms with Gasteiger partial charge in [0.15, 0.2) is 0 Å². The lowest BCUT2D eigenvalue weighted by Crippen LogP contribution is -2.29. The summed E-state index contributed by atoms with van der Waals surface area (Å²) >= 11 is 0. The highest BCUT2D eigenvalue weighted by Gasteiger charge is 2.18. The number of hydrogen-bond donors (Lipinski definition) is 2. The Labute approximate surface area is 162 Å². The number of carbonyl (C=O) groups is 1. The van der Waals surface area contributed by atoms with E-state index in [9.17, 15) is 4.79 Å². The van der Waals surface area contributed by atoms with E-state index in [1.807, 2.05) is 53.2 Å². The van der Waals surface area contributed by atoms with Crippen molar-refractivity contribution in [2.24, 2.45) is 0 Å². The first-order valence-corrected chi connectivity index (χ1v) is 9.07. The Balaban J connectivity index is 1.49. The van der Waals surface area contributed by atoms with Crippen LogP contribution < -0.4 is 5.32 Å². The first-order chi connectivity index (χ1) is 13.8. The second-order valence-corrected chi connectivity index (χ2v) is 6.43. The SMILES string of the molecule is O=C(NC(CCn1ccnc1)c1ccccc1)c1cc(-c2ccncc2)n[nH]1. The summed E-state index contributed by atoms with van der Waals surface area (Å²) < 4.78 is 2.00. The van der Waals surface area contributed by atoms with Crippen LogP contribution in [0.4, 0.5) is 0 Å². The van der Waals surface area contributed by atoms with Gasteiger partial charge in [-0.25, -0.2) is 4.98 Å². The molecule has 0 fully saturated rings. The molecule has 0 saturated carbocycles. The Hall–Kier alpha value is -3.74. The molecule has 1 unspecified atom stereocenters. The predicted molar refractivity (Wildman–Crippen MR) is 105 cm³/mol. The maximum Gasteiger partial charge on any atom is 0.269 e. The highest BCUT2D eigenvalue weighted by Crippen LogP contribution is 2.20. The number of aromatic amines is 1. The summed E-state index contributed by atoms with van der Waals surface area (Å²) in [5.41, 5.74) is 3.10. The average Bonchev–Trinajstić information content (AvgIpc) is 3.44. The summed E-state index contributed by atoms with van der Waals surface area (Å²) in [6.45, 7) is 0.755. The number of benzene rings is 1. The van der Waals surface area contributed by atoms with E-state index in [1.54, 1.807) is 31.0 Å². The van der Waals surface area contributed by atoms with Crippen LogP contribution in [0.5, 0.6) is 0 Å². The standard InChI is InChI=1S/C21H20N6O/c28-21(20-14-19(25-26-20)17-6-9-22-10-7-17)24-18(16-4-2-1-3-5-16)8-12-27-13-11-23-15-27/h1-7,9-11,13-15,18H,8,12H2,(H,24,28)(H,25,26). The van der Waals surface area contributed by atoms with Gasteiger partial charge in [0, 0.05) is 36.9 Å². The topological polar surface area (TPSA) is 88.5 Å². The number of nitrogens with zero attached hydrogens (tertiary/aromatic N) is 4. The molecule has 0 radical (unpaired) electrons. The normalized spacial score (nSPS) is 11.9. The number of carbonyl (C=O) groups excluding carboxylic acids is 1. The molecule has 0 aliphatic rings. The summed E-state index contributed by atoms with van der Waals surface area (Å²) in [7, 11) is 0. The van der Waals surface area contributed by atoms with Crippen LogP contribution in [0.25, 0.3) is 11.3 Å². The van der Waals surface area contributed by atoms with E-state index in [4.69, 9.17) is 0 Å². The number of H-pyrrole nitrogens is 1. The van der Waals surface area contributed by atoms with Gasteiger partial charge in [-0.15, -0.1) is 0 Å². The molecule has 140 valence electrons. The van der Waals surface area contributed by atoms with Crippen molar-refractivity contribution in [3.63, 3.8) is 0 Å². The summed E-state index contributed by atoms with van der Waals surface area (Å²) in [5.74, 6) is -0.188. The first kappa shape index (κ1) is 17.7. The molecule has 0 aliphatic heterocycles. The molecule has 28 heavy (non-hydrogen) atoms. The van der Waals surface area contributed by atoms with Gasteiger partial charge in [-0.3, -0.25) is 14.9 Å². The number of rotatable bonds is 7. The minimum atomic E-state index is -0.188. The summed E-state index contributed by atoms with van der Waals surface area (Å²) in [5, 5.41) is 10.2.